The van der Waals surface area contributed by atoms with E-state index in [4.69, 9.17) is 0 Å². The van der Waals surface area contributed by atoms with Crippen molar-refractivity contribution >= 4 is 21.8 Å². The first-order valence-corrected chi connectivity index (χ1v) is 12.1. The standard InChI is InChI=1S/C28H26BrN3O/c1-2-31(20-21-8-4-3-5-9-21)26(33)16-17-28(22-12-14-23(29)15-13-22)25-11-7-6-10-24(25)27-30-18-19-32(27)28/h3-15,18-19H,2,16-17,20H2,1H3. The highest BCUT2D eigenvalue weighted by atomic mass is 79.9. The van der Waals surface area contributed by atoms with Gasteiger partial charge in [0, 0.05) is 41.9 Å². The van der Waals surface area contributed by atoms with Gasteiger partial charge in [-0.15, -0.1) is 0 Å². The van der Waals surface area contributed by atoms with Crippen molar-refractivity contribution in [3.05, 3.63) is 112 Å². The third kappa shape index (κ3) is 3.80. The van der Waals surface area contributed by atoms with Crippen LogP contribution >= 0.6 is 15.9 Å². The maximum atomic E-state index is 13.4. The van der Waals surface area contributed by atoms with Gasteiger partial charge in [-0.2, -0.15) is 0 Å². The Kier molecular flexibility index (Phi) is 5.90. The van der Waals surface area contributed by atoms with E-state index >= 15 is 0 Å². The van der Waals surface area contributed by atoms with E-state index in [0.29, 0.717) is 25.9 Å². The lowest BCUT2D eigenvalue weighted by Crippen LogP contribution is -2.36. The SMILES string of the molecule is CCN(Cc1ccccc1)C(=O)CCC1(c2ccc(Br)cc2)c2ccccc2-c2nccn21. The highest BCUT2D eigenvalue weighted by Crippen LogP contribution is 2.49. The first-order chi connectivity index (χ1) is 16.1. The molecule has 0 radical (unpaired) electrons. The zero-order valence-electron chi connectivity index (χ0n) is 18.6. The summed E-state index contributed by atoms with van der Waals surface area (Å²) in [5.41, 5.74) is 4.18. The van der Waals surface area contributed by atoms with E-state index in [2.05, 4.69) is 86.1 Å². The molecular formula is C28H26BrN3O. The molecule has 0 fully saturated rings. The zero-order valence-corrected chi connectivity index (χ0v) is 20.2. The van der Waals surface area contributed by atoms with Gasteiger partial charge >= 0.3 is 0 Å². The van der Waals surface area contributed by atoms with E-state index in [1.54, 1.807) is 0 Å². The minimum absolute atomic E-state index is 0.170. The van der Waals surface area contributed by atoms with Gasteiger partial charge < -0.3 is 9.47 Å². The Morgan fingerprint density at radius 3 is 2.48 bits per heavy atom. The van der Waals surface area contributed by atoms with Gasteiger partial charge in [-0.25, -0.2) is 4.98 Å². The van der Waals surface area contributed by atoms with Crippen LogP contribution in [-0.2, 0) is 16.9 Å². The van der Waals surface area contributed by atoms with Crippen molar-refractivity contribution in [2.45, 2.75) is 31.8 Å². The summed E-state index contributed by atoms with van der Waals surface area (Å²) in [4.78, 5) is 20.0. The van der Waals surface area contributed by atoms with Crippen LogP contribution in [-0.4, -0.2) is 26.9 Å². The molecule has 1 amide bonds. The number of aromatic nitrogens is 2. The van der Waals surface area contributed by atoms with Crippen molar-refractivity contribution < 1.29 is 4.79 Å². The van der Waals surface area contributed by atoms with Gasteiger partial charge in [-0.1, -0.05) is 82.7 Å². The van der Waals surface area contributed by atoms with Crippen LogP contribution in [0.4, 0.5) is 0 Å². The molecule has 0 aliphatic carbocycles. The van der Waals surface area contributed by atoms with Crippen LogP contribution in [0.3, 0.4) is 0 Å². The summed E-state index contributed by atoms with van der Waals surface area (Å²) in [6, 6.07) is 27.1. The van der Waals surface area contributed by atoms with E-state index in [1.807, 2.05) is 42.4 Å². The number of rotatable bonds is 7. The number of amides is 1. The molecule has 3 aromatic carbocycles. The van der Waals surface area contributed by atoms with Crippen molar-refractivity contribution in [2.24, 2.45) is 0 Å². The molecular weight excluding hydrogens is 474 g/mol. The summed E-state index contributed by atoms with van der Waals surface area (Å²) in [6.45, 7) is 3.37. The normalized spacial score (nSPS) is 16.3. The topological polar surface area (TPSA) is 38.1 Å². The number of halogens is 1. The predicted octanol–water partition coefficient (Wildman–Crippen LogP) is 6.25. The lowest BCUT2D eigenvalue weighted by atomic mass is 9.79. The molecule has 0 saturated heterocycles. The summed E-state index contributed by atoms with van der Waals surface area (Å²) < 4.78 is 3.29. The molecule has 1 aliphatic rings. The fraction of sp³-hybridized carbons (Fsp3) is 0.214. The van der Waals surface area contributed by atoms with Gasteiger partial charge in [-0.05, 0) is 42.2 Å². The van der Waals surface area contributed by atoms with E-state index < -0.39 is 5.54 Å². The lowest BCUT2D eigenvalue weighted by molar-refractivity contribution is -0.132. The molecule has 166 valence electrons. The first-order valence-electron chi connectivity index (χ1n) is 11.3. The number of nitrogens with zero attached hydrogens (tertiary/aromatic N) is 3. The van der Waals surface area contributed by atoms with Crippen LogP contribution in [0.2, 0.25) is 0 Å². The number of carbonyl (C=O) groups is 1. The highest BCUT2D eigenvalue weighted by molar-refractivity contribution is 9.10. The van der Waals surface area contributed by atoms with Crippen molar-refractivity contribution in [1.29, 1.82) is 0 Å². The summed E-state index contributed by atoms with van der Waals surface area (Å²) in [5, 5.41) is 0. The Morgan fingerprint density at radius 1 is 1.00 bits per heavy atom. The molecule has 5 heteroatoms. The Hall–Kier alpha value is -3.18. The monoisotopic (exact) mass is 499 g/mol. The van der Waals surface area contributed by atoms with E-state index in [0.717, 1.165) is 27.0 Å². The van der Waals surface area contributed by atoms with Gasteiger partial charge in [0.15, 0.2) is 0 Å². The van der Waals surface area contributed by atoms with Crippen LogP contribution in [0, 0.1) is 0 Å². The van der Waals surface area contributed by atoms with Crippen LogP contribution in [0.15, 0.2) is 95.7 Å². The molecule has 33 heavy (non-hydrogen) atoms. The number of hydrogen-bond donors (Lipinski definition) is 0. The largest absolute Gasteiger partial charge is 0.339 e. The molecule has 0 saturated carbocycles. The molecule has 1 atom stereocenters. The van der Waals surface area contributed by atoms with Crippen LogP contribution in [0.25, 0.3) is 11.4 Å². The summed E-state index contributed by atoms with van der Waals surface area (Å²) in [6.07, 6.45) is 5.01. The Balaban J connectivity index is 1.51. The second-order valence-electron chi connectivity index (χ2n) is 8.43. The summed E-state index contributed by atoms with van der Waals surface area (Å²) >= 11 is 3.57. The van der Waals surface area contributed by atoms with Crippen LogP contribution in [0.1, 0.15) is 36.5 Å². The predicted molar refractivity (Wildman–Crippen MR) is 135 cm³/mol. The molecule has 1 unspecified atom stereocenters. The molecule has 2 heterocycles. The van der Waals surface area contributed by atoms with Gasteiger partial charge in [0.05, 0.1) is 5.54 Å². The Bertz CT molecular complexity index is 1270. The van der Waals surface area contributed by atoms with Crippen molar-refractivity contribution in [1.82, 2.24) is 14.5 Å². The van der Waals surface area contributed by atoms with E-state index in [-0.39, 0.29) is 5.91 Å². The second-order valence-corrected chi connectivity index (χ2v) is 9.34. The van der Waals surface area contributed by atoms with E-state index in [1.165, 1.54) is 5.56 Å². The van der Waals surface area contributed by atoms with Gasteiger partial charge in [0.25, 0.3) is 0 Å². The molecule has 0 bridgehead atoms. The fourth-order valence-corrected chi connectivity index (χ4v) is 5.29. The molecule has 4 aromatic rings. The highest BCUT2D eigenvalue weighted by Gasteiger charge is 2.44. The Morgan fingerprint density at radius 2 is 1.73 bits per heavy atom. The number of benzene rings is 3. The van der Waals surface area contributed by atoms with Crippen molar-refractivity contribution in [3.63, 3.8) is 0 Å². The number of fused-ring (bicyclic) bond motifs is 3. The molecule has 0 N–H and O–H groups in total. The quantitative estimate of drug-likeness (QED) is 0.301. The third-order valence-electron chi connectivity index (χ3n) is 6.64. The Labute approximate surface area is 203 Å². The van der Waals surface area contributed by atoms with Crippen LogP contribution < -0.4 is 0 Å². The average Bonchev–Trinajstić information content (AvgIpc) is 3.43. The third-order valence-corrected chi connectivity index (χ3v) is 7.17. The van der Waals surface area contributed by atoms with Crippen molar-refractivity contribution in [3.8, 4) is 11.4 Å². The summed E-state index contributed by atoms with van der Waals surface area (Å²) in [7, 11) is 0. The number of hydrogen-bond acceptors (Lipinski definition) is 2. The van der Waals surface area contributed by atoms with Gasteiger partial charge in [-0.3, -0.25) is 4.79 Å². The molecule has 5 rings (SSSR count). The zero-order chi connectivity index (χ0) is 22.8. The lowest BCUT2D eigenvalue weighted by Gasteiger charge is -2.34. The molecule has 0 spiro atoms. The average molecular weight is 500 g/mol. The van der Waals surface area contributed by atoms with Crippen molar-refractivity contribution in [2.75, 3.05) is 6.54 Å². The van der Waals surface area contributed by atoms with Gasteiger partial charge in [0.1, 0.15) is 5.82 Å². The number of imidazole rings is 1. The minimum atomic E-state index is -0.467. The number of carbonyl (C=O) groups excluding carboxylic acids is 1. The smallest absolute Gasteiger partial charge is 0.222 e. The maximum Gasteiger partial charge on any atom is 0.222 e. The molecule has 1 aliphatic heterocycles. The van der Waals surface area contributed by atoms with Gasteiger partial charge in [0.2, 0.25) is 5.91 Å². The maximum absolute atomic E-state index is 13.4. The first kappa shape index (κ1) is 21.7. The molecule has 1 aromatic heterocycles. The van der Waals surface area contributed by atoms with Crippen LogP contribution in [0.5, 0.6) is 0 Å². The molecule has 4 nitrogen and oxygen atoms in total. The summed E-state index contributed by atoms with van der Waals surface area (Å²) in [5.74, 6) is 1.13. The second kappa shape index (κ2) is 8.99. The van der Waals surface area contributed by atoms with E-state index in [9.17, 15) is 4.79 Å². The fourth-order valence-electron chi connectivity index (χ4n) is 5.03. The minimum Gasteiger partial charge on any atom is -0.339 e.